The van der Waals surface area contributed by atoms with Crippen molar-refractivity contribution in [2.75, 3.05) is 53.4 Å². The predicted molar refractivity (Wildman–Crippen MR) is 76.8 cm³/mol. The Bertz CT molecular complexity index is 328. The molecule has 1 saturated heterocycles. The van der Waals surface area contributed by atoms with Gasteiger partial charge in [0.2, 0.25) is 0 Å². The van der Waals surface area contributed by atoms with Gasteiger partial charge in [-0.25, -0.2) is 4.79 Å². The molecule has 20 heavy (non-hydrogen) atoms. The molecular formula is C13H26N4O3. The SMILES string of the molecule is CC(CCN(C)C)NC(=O)N1CCN(CC(=O)O)CC1. The third kappa shape index (κ3) is 6.21. The van der Waals surface area contributed by atoms with Crippen molar-refractivity contribution < 1.29 is 14.7 Å². The van der Waals surface area contributed by atoms with Crippen molar-refractivity contribution in [3.63, 3.8) is 0 Å². The molecule has 0 aromatic rings. The fourth-order valence-electron chi connectivity index (χ4n) is 2.13. The fourth-order valence-corrected chi connectivity index (χ4v) is 2.13. The number of carboxylic acids is 1. The molecule has 2 amide bonds. The number of carbonyl (C=O) groups excluding carboxylic acids is 1. The van der Waals surface area contributed by atoms with Gasteiger partial charge in [-0.1, -0.05) is 0 Å². The molecule has 0 radical (unpaired) electrons. The number of aliphatic carboxylic acids is 1. The lowest BCUT2D eigenvalue weighted by atomic mass is 10.2. The largest absolute Gasteiger partial charge is 0.480 e. The van der Waals surface area contributed by atoms with Gasteiger partial charge in [0.15, 0.2) is 0 Å². The topological polar surface area (TPSA) is 76.1 Å². The van der Waals surface area contributed by atoms with Crippen LogP contribution in [0.2, 0.25) is 0 Å². The van der Waals surface area contributed by atoms with E-state index < -0.39 is 5.97 Å². The van der Waals surface area contributed by atoms with Crippen LogP contribution in [0.25, 0.3) is 0 Å². The maximum absolute atomic E-state index is 12.0. The Labute approximate surface area is 120 Å². The summed E-state index contributed by atoms with van der Waals surface area (Å²) in [5.41, 5.74) is 0. The van der Waals surface area contributed by atoms with Crippen molar-refractivity contribution in [2.45, 2.75) is 19.4 Å². The predicted octanol–water partition coefficient (Wildman–Crippen LogP) is -0.262. The van der Waals surface area contributed by atoms with Gasteiger partial charge in [0.1, 0.15) is 0 Å². The zero-order valence-corrected chi connectivity index (χ0v) is 12.6. The zero-order chi connectivity index (χ0) is 15.1. The molecule has 116 valence electrons. The van der Waals surface area contributed by atoms with Crippen LogP contribution in [0.5, 0.6) is 0 Å². The number of carboxylic acid groups (broad SMARTS) is 1. The molecule has 1 fully saturated rings. The number of carbonyl (C=O) groups is 2. The van der Waals surface area contributed by atoms with Gasteiger partial charge in [0.05, 0.1) is 6.54 Å². The lowest BCUT2D eigenvalue weighted by Crippen LogP contribution is -2.54. The number of rotatable bonds is 6. The number of hydrogen-bond acceptors (Lipinski definition) is 4. The fraction of sp³-hybridized carbons (Fsp3) is 0.846. The summed E-state index contributed by atoms with van der Waals surface area (Å²) < 4.78 is 0. The van der Waals surface area contributed by atoms with E-state index in [4.69, 9.17) is 5.11 Å². The molecule has 1 heterocycles. The Balaban J connectivity index is 2.26. The maximum atomic E-state index is 12.0. The molecule has 0 aromatic carbocycles. The minimum Gasteiger partial charge on any atom is -0.480 e. The first-order valence-corrected chi connectivity index (χ1v) is 7.03. The van der Waals surface area contributed by atoms with Crippen molar-refractivity contribution in [3.8, 4) is 0 Å². The first kappa shape index (κ1) is 16.7. The highest BCUT2D eigenvalue weighted by molar-refractivity contribution is 5.74. The molecule has 1 rings (SSSR count). The smallest absolute Gasteiger partial charge is 0.317 e. The number of urea groups is 1. The minimum absolute atomic E-state index is 0.0498. The highest BCUT2D eigenvalue weighted by Gasteiger charge is 2.22. The Morgan fingerprint density at radius 3 is 2.35 bits per heavy atom. The molecule has 1 aliphatic rings. The summed E-state index contributed by atoms with van der Waals surface area (Å²) in [4.78, 5) is 28.4. The van der Waals surface area contributed by atoms with Crippen LogP contribution in [0.4, 0.5) is 4.79 Å². The molecule has 0 aliphatic carbocycles. The standard InChI is InChI=1S/C13H26N4O3/c1-11(4-5-15(2)3)14-13(20)17-8-6-16(7-9-17)10-12(18)19/h11H,4-10H2,1-3H3,(H,14,20)(H,18,19). The van der Waals surface area contributed by atoms with Crippen LogP contribution >= 0.6 is 0 Å². The van der Waals surface area contributed by atoms with Gasteiger partial charge in [-0.15, -0.1) is 0 Å². The van der Waals surface area contributed by atoms with Gasteiger partial charge in [0.25, 0.3) is 0 Å². The highest BCUT2D eigenvalue weighted by atomic mass is 16.4. The van der Waals surface area contributed by atoms with Crippen molar-refractivity contribution in [2.24, 2.45) is 0 Å². The second-order valence-electron chi connectivity index (χ2n) is 5.60. The molecule has 1 atom stereocenters. The van der Waals surface area contributed by atoms with Crippen molar-refractivity contribution in [3.05, 3.63) is 0 Å². The average Bonchev–Trinajstić information content (AvgIpc) is 2.36. The van der Waals surface area contributed by atoms with Gasteiger partial charge >= 0.3 is 12.0 Å². The number of piperazine rings is 1. The Morgan fingerprint density at radius 1 is 1.25 bits per heavy atom. The van der Waals surface area contributed by atoms with Crippen LogP contribution in [0.1, 0.15) is 13.3 Å². The van der Waals surface area contributed by atoms with E-state index in [-0.39, 0.29) is 18.6 Å². The van der Waals surface area contributed by atoms with E-state index in [1.54, 1.807) is 4.90 Å². The quantitative estimate of drug-likeness (QED) is 0.703. The Kier molecular flexibility index (Phi) is 6.74. The molecular weight excluding hydrogens is 260 g/mol. The first-order chi connectivity index (χ1) is 9.38. The summed E-state index contributed by atoms with van der Waals surface area (Å²) in [6.07, 6.45) is 0.914. The molecule has 0 spiro atoms. The second kappa shape index (κ2) is 8.06. The lowest BCUT2D eigenvalue weighted by molar-refractivity contribution is -0.138. The van der Waals surface area contributed by atoms with E-state index in [1.807, 2.05) is 25.9 Å². The zero-order valence-electron chi connectivity index (χ0n) is 12.6. The van der Waals surface area contributed by atoms with E-state index in [2.05, 4.69) is 10.2 Å². The van der Waals surface area contributed by atoms with Crippen LogP contribution in [-0.2, 0) is 4.79 Å². The number of nitrogens with zero attached hydrogens (tertiary/aromatic N) is 3. The van der Waals surface area contributed by atoms with E-state index in [0.29, 0.717) is 26.2 Å². The summed E-state index contributed by atoms with van der Waals surface area (Å²) in [5.74, 6) is -0.819. The van der Waals surface area contributed by atoms with Gasteiger partial charge < -0.3 is 20.2 Å². The van der Waals surface area contributed by atoms with Gasteiger partial charge in [0, 0.05) is 32.2 Å². The summed E-state index contributed by atoms with van der Waals surface area (Å²) in [6, 6.07) is 0.0909. The summed E-state index contributed by atoms with van der Waals surface area (Å²) >= 11 is 0. The number of amides is 2. The van der Waals surface area contributed by atoms with Gasteiger partial charge in [-0.05, 0) is 34.0 Å². The van der Waals surface area contributed by atoms with Gasteiger partial charge in [-0.2, -0.15) is 0 Å². The maximum Gasteiger partial charge on any atom is 0.317 e. The van der Waals surface area contributed by atoms with E-state index in [1.165, 1.54) is 0 Å². The van der Waals surface area contributed by atoms with E-state index in [0.717, 1.165) is 13.0 Å². The van der Waals surface area contributed by atoms with Crippen LogP contribution in [0.15, 0.2) is 0 Å². The average molecular weight is 286 g/mol. The van der Waals surface area contributed by atoms with Crippen molar-refractivity contribution in [1.29, 1.82) is 0 Å². The number of hydrogen-bond donors (Lipinski definition) is 2. The molecule has 0 aromatic heterocycles. The molecule has 1 aliphatic heterocycles. The molecule has 7 heteroatoms. The monoisotopic (exact) mass is 286 g/mol. The molecule has 0 saturated carbocycles. The third-order valence-electron chi connectivity index (χ3n) is 3.40. The summed E-state index contributed by atoms with van der Waals surface area (Å²) in [5, 5.41) is 11.7. The van der Waals surface area contributed by atoms with Crippen LogP contribution in [0, 0.1) is 0 Å². The first-order valence-electron chi connectivity index (χ1n) is 7.03. The van der Waals surface area contributed by atoms with Crippen LogP contribution in [-0.4, -0.2) is 91.2 Å². The highest BCUT2D eigenvalue weighted by Crippen LogP contribution is 2.03. The summed E-state index contributed by atoms with van der Waals surface area (Å²) in [6.45, 7) is 5.39. The molecule has 1 unspecified atom stereocenters. The number of nitrogens with one attached hydrogen (secondary N) is 1. The van der Waals surface area contributed by atoms with Crippen molar-refractivity contribution >= 4 is 12.0 Å². The lowest BCUT2D eigenvalue weighted by Gasteiger charge is -2.34. The molecule has 7 nitrogen and oxygen atoms in total. The van der Waals surface area contributed by atoms with Crippen LogP contribution < -0.4 is 5.32 Å². The normalized spacial score (nSPS) is 18.1. The van der Waals surface area contributed by atoms with E-state index in [9.17, 15) is 9.59 Å². The van der Waals surface area contributed by atoms with E-state index >= 15 is 0 Å². The molecule has 0 bridgehead atoms. The molecule has 2 N–H and O–H groups in total. The summed E-state index contributed by atoms with van der Waals surface area (Å²) in [7, 11) is 4.02. The van der Waals surface area contributed by atoms with Gasteiger partial charge in [-0.3, -0.25) is 9.69 Å². The second-order valence-corrected chi connectivity index (χ2v) is 5.60. The minimum atomic E-state index is -0.819. The third-order valence-corrected chi connectivity index (χ3v) is 3.40. The van der Waals surface area contributed by atoms with Crippen molar-refractivity contribution in [1.82, 2.24) is 20.0 Å². The Hall–Kier alpha value is -1.34. The Morgan fingerprint density at radius 2 is 1.85 bits per heavy atom. The van der Waals surface area contributed by atoms with Crippen LogP contribution in [0.3, 0.4) is 0 Å².